The molecule has 4 nitrogen and oxygen atoms in total. The summed E-state index contributed by atoms with van der Waals surface area (Å²) in [5, 5.41) is 0. The monoisotopic (exact) mass is 252 g/mol. The Labute approximate surface area is 107 Å². The first-order valence-electron chi connectivity index (χ1n) is 6.87. The predicted molar refractivity (Wildman–Crippen MR) is 63.6 cm³/mol. The molecule has 4 aliphatic carbocycles. The Kier molecular flexibility index (Phi) is 2.83. The molecule has 0 N–H and O–H groups in total. The van der Waals surface area contributed by atoms with Gasteiger partial charge in [-0.15, -0.1) is 0 Å². The van der Waals surface area contributed by atoms with Crippen LogP contribution in [0.3, 0.4) is 0 Å². The van der Waals surface area contributed by atoms with Crippen LogP contribution in [-0.4, -0.2) is 24.6 Å². The standard InChI is InChI=1S/C14H20O4/c1-17-12(15)5-13(16)18-14-6-9-2-10(7-14)4-11(3-9)8-14/h9-11H,2-8H2,1H3. The second-order valence-corrected chi connectivity index (χ2v) is 6.33. The maximum atomic E-state index is 11.8. The minimum absolute atomic E-state index is 0.250. The Hall–Kier alpha value is -1.06. The van der Waals surface area contributed by atoms with Crippen LogP contribution in [0, 0.1) is 17.8 Å². The van der Waals surface area contributed by atoms with Gasteiger partial charge in [0.15, 0.2) is 0 Å². The van der Waals surface area contributed by atoms with Gasteiger partial charge in [0.1, 0.15) is 12.0 Å². The summed E-state index contributed by atoms with van der Waals surface area (Å²) >= 11 is 0. The first kappa shape index (κ1) is 12.0. The van der Waals surface area contributed by atoms with Crippen molar-refractivity contribution >= 4 is 11.9 Å². The van der Waals surface area contributed by atoms with Gasteiger partial charge in [0.05, 0.1) is 7.11 Å². The van der Waals surface area contributed by atoms with Crippen molar-refractivity contribution in [3.63, 3.8) is 0 Å². The second kappa shape index (κ2) is 4.25. The molecule has 0 saturated heterocycles. The first-order valence-corrected chi connectivity index (χ1v) is 6.87. The van der Waals surface area contributed by atoms with E-state index in [-0.39, 0.29) is 12.0 Å². The minimum atomic E-state index is -0.510. The van der Waals surface area contributed by atoms with Crippen molar-refractivity contribution < 1.29 is 19.1 Å². The van der Waals surface area contributed by atoms with E-state index in [9.17, 15) is 9.59 Å². The lowest BCUT2D eigenvalue weighted by molar-refractivity contribution is -0.188. The average Bonchev–Trinajstić information content (AvgIpc) is 2.25. The molecule has 0 aromatic carbocycles. The lowest BCUT2D eigenvalue weighted by atomic mass is 9.54. The maximum absolute atomic E-state index is 11.8. The van der Waals surface area contributed by atoms with E-state index in [4.69, 9.17) is 4.74 Å². The van der Waals surface area contributed by atoms with Crippen molar-refractivity contribution in [2.75, 3.05) is 7.11 Å². The molecule has 0 amide bonds. The van der Waals surface area contributed by atoms with E-state index in [0.29, 0.717) is 0 Å². The van der Waals surface area contributed by atoms with Gasteiger partial charge >= 0.3 is 11.9 Å². The first-order chi connectivity index (χ1) is 8.58. The highest BCUT2D eigenvalue weighted by Gasteiger charge is 2.53. The highest BCUT2D eigenvalue weighted by atomic mass is 16.6. The molecular weight excluding hydrogens is 232 g/mol. The molecule has 0 aromatic rings. The number of hydrogen-bond donors (Lipinski definition) is 0. The van der Waals surface area contributed by atoms with Gasteiger partial charge in [-0.1, -0.05) is 0 Å². The van der Waals surface area contributed by atoms with E-state index in [0.717, 1.165) is 37.0 Å². The number of ether oxygens (including phenoxy) is 2. The van der Waals surface area contributed by atoms with Crippen LogP contribution < -0.4 is 0 Å². The molecule has 4 aliphatic rings. The van der Waals surface area contributed by atoms with Crippen LogP contribution in [0.2, 0.25) is 0 Å². The zero-order valence-electron chi connectivity index (χ0n) is 10.8. The molecular formula is C14H20O4. The van der Waals surface area contributed by atoms with Crippen LogP contribution in [0.25, 0.3) is 0 Å². The summed E-state index contributed by atoms with van der Waals surface area (Å²) in [6, 6.07) is 0. The SMILES string of the molecule is COC(=O)CC(=O)OC12CC3CC(CC(C3)C1)C2. The van der Waals surface area contributed by atoms with Gasteiger partial charge in [0.25, 0.3) is 0 Å². The van der Waals surface area contributed by atoms with Crippen LogP contribution in [-0.2, 0) is 19.1 Å². The van der Waals surface area contributed by atoms with Crippen LogP contribution in [0.4, 0.5) is 0 Å². The Balaban J connectivity index is 1.65. The van der Waals surface area contributed by atoms with Gasteiger partial charge in [0, 0.05) is 0 Å². The van der Waals surface area contributed by atoms with Crippen LogP contribution in [0.15, 0.2) is 0 Å². The lowest BCUT2D eigenvalue weighted by Gasteiger charge is -2.55. The Morgan fingerprint density at radius 1 is 1.00 bits per heavy atom. The van der Waals surface area contributed by atoms with Crippen molar-refractivity contribution in [3.8, 4) is 0 Å². The van der Waals surface area contributed by atoms with Gasteiger partial charge in [-0.05, 0) is 56.3 Å². The van der Waals surface area contributed by atoms with Gasteiger partial charge in [-0.25, -0.2) is 0 Å². The highest BCUT2D eigenvalue weighted by Crippen LogP contribution is 2.57. The molecule has 4 rings (SSSR count). The van der Waals surface area contributed by atoms with E-state index in [1.165, 1.54) is 26.4 Å². The van der Waals surface area contributed by atoms with Gasteiger partial charge in [0.2, 0.25) is 0 Å². The van der Waals surface area contributed by atoms with E-state index >= 15 is 0 Å². The average molecular weight is 252 g/mol. The Bertz CT molecular complexity index is 339. The number of methoxy groups -OCH3 is 1. The Morgan fingerprint density at radius 2 is 1.50 bits per heavy atom. The summed E-state index contributed by atoms with van der Waals surface area (Å²) in [5.74, 6) is 1.29. The third-order valence-corrected chi connectivity index (χ3v) is 4.83. The van der Waals surface area contributed by atoms with Crippen molar-refractivity contribution in [3.05, 3.63) is 0 Å². The van der Waals surface area contributed by atoms with Crippen molar-refractivity contribution in [1.82, 2.24) is 0 Å². The molecule has 0 heterocycles. The van der Waals surface area contributed by atoms with Crippen molar-refractivity contribution in [2.24, 2.45) is 17.8 Å². The summed E-state index contributed by atoms with van der Waals surface area (Å²) in [4.78, 5) is 22.9. The highest BCUT2D eigenvalue weighted by molar-refractivity contribution is 5.91. The zero-order valence-corrected chi connectivity index (χ0v) is 10.8. The topological polar surface area (TPSA) is 52.6 Å². The third-order valence-electron chi connectivity index (χ3n) is 4.83. The van der Waals surface area contributed by atoms with E-state index in [2.05, 4.69) is 4.74 Å². The number of rotatable bonds is 3. The lowest BCUT2D eigenvalue weighted by Crippen LogP contribution is -2.52. The number of carbonyl (C=O) groups excluding carboxylic acids is 2. The number of esters is 2. The molecule has 0 atom stereocenters. The van der Waals surface area contributed by atoms with Crippen LogP contribution in [0.5, 0.6) is 0 Å². The summed E-state index contributed by atoms with van der Waals surface area (Å²) in [6.07, 6.45) is 6.71. The van der Waals surface area contributed by atoms with Crippen molar-refractivity contribution in [1.29, 1.82) is 0 Å². The fourth-order valence-electron chi connectivity index (χ4n) is 4.62. The zero-order chi connectivity index (χ0) is 12.8. The quantitative estimate of drug-likeness (QED) is 0.570. The summed E-state index contributed by atoms with van der Waals surface area (Å²) in [5.41, 5.74) is -0.250. The molecule has 0 aromatic heterocycles. The third kappa shape index (κ3) is 2.13. The van der Waals surface area contributed by atoms with Crippen molar-refractivity contribution in [2.45, 2.75) is 50.5 Å². The Morgan fingerprint density at radius 3 is 1.94 bits per heavy atom. The molecule has 0 spiro atoms. The fourth-order valence-corrected chi connectivity index (χ4v) is 4.62. The fraction of sp³-hybridized carbons (Fsp3) is 0.857. The largest absolute Gasteiger partial charge is 0.469 e. The molecule has 4 heteroatoms. The van der Waals surface area contributed by atoms with Gasteiger partial charge in [-0.2, -0.15) is 0 Å². The van der Waals surface area contributed by atoms with E-state index in [1.807, 2.05) is 0 Å². The normalized spacial score (nSPS) is 40.6. The predicted octanol–water partition coefficient (Wildman–Crippen LogP) is 2.06. The summed E-state index contributed by atoms with van der Waals surface area (Å²) < 4.78 is 10.2. The van der Waals surface area contributed by atoms with Crippen LogP contribution >= 0.6 is 0 Å². The molecule has 4 saturated carbocycles. The molecule has 0 aliphatic heterocycles. The summed E-state index contributed by atoms with van der Waals surface area (Å²) in [7, 11) is 1.29. The summed E-state index contributed by atoms with van der Waals surface area (Å²) in [6.45, 7) is 0. The molecule has 0 unspecified atom stereocenters. The molecule has 18 heavy (non-hydrogen) atoms. The number of hydrogen-bond acceptors (Lipinski definition) is 4. The molecule has 4 bridgehead atoms. The smallest absolute Gasteiger partial charge is 0.317 e. The van der Waals surface area contributed by atoms with Gasteiger partial charge < -0.3 is 9.47 Å². The van der Waals surface area contributed by atoms with E-state index < -0.39 is 11.9 Å². The van der Waals surface area contributed by atoms with E-state index in [1.54, 1.807) is 0 Å². The second-order valence-electron chi connectivity index (χ2n) is 6.33. The molecule has 0 radical (unpaired) electrons. The van der Waals surface area contributed by atoms with Crippen LogP contribution in [0.1, 0.15) is 44.9 Å². The molecule has 100 valence electrons. The van der Waals surface area contributed by atoms with Gasteiger partial charge in [-0.3, -0.25) is 9.59 Å². The maximum Gasteiger partial charge on any atom is 0.317 e. The number of carbonyl (C=O) groups is 2. The molecule has 4 fully saturated rings. The minimum Gasteiger partial charge on any atom is -0.469 e.